The van der Waals surface area contributed by atoms with Crippen LogP contribution >= 0.6 is 0 Å². The standard InChI is InChI=1S/C24H31NO/c1-23(2,3)19-13-16(14-20(22(19)26)24(4,5)6)11-12-18-15-17-9-7-8-10-21(17)25-18/h7-10,13-15,25-26H,11-12H2,1-6H3. The van der Waals surface area contributed by atoms with Crippen molar-refractivity contribution < 1.29 is 5.11 Å². The highest BCUT2D eigenvalue weighted by atomic mass is 16.3. The van der Waals surface area contributed by atoms with E-state index in [0.717, 1.165) is 24.0 Å². The number of phenols is 1. The summed E-state index contributed by atoms with van der Waals surface area (Å²) in [5.74, 6) is 0.458. The van der Waals surface area contributed by atoms with Crippen LogP contribution in [-0.4, -0.2) is 10.1 Å². The summed E-state index contributed by atoms with van der Waals surface area (Å²) in [4.78, 5) is 3.52. The summed E-state index contributed by atoms with van der Waals surface area (Å²) < 4.78 is 0. The quantitative estimate of drug-likeness (QED) is 0.575. The first-order valence-electron chi connectivity index (χ1n) is 9.49. The molecule has 3 aromatic rings. The number of H-pyrrole nitrogens is 1. The first-order chi connectivity index (χ1) is 12.1. The molecule has 0 atom stereocenters. The van der Waals surface area contributed by atoms with Gasteiger partial charge < -0.3 is 10.1 Å². The third-order valence-corrected chi connectivity index (χ3v) is 5.05. The van der Waals surface area contributed by atoms with Crippen molar-refractivity contribution in [3.8, 4) is 5.75 Å². The molecule has 0 spiro atoms. The number of fused-ring (bicyclic) bond motifs is 1. The molecule has 0 amide bonds. The van der Waals surface area contributed by atoms with E-state index in [0.29, 0.717) is 5.75 Å². The number of aromatic nitrogens is 1. The molecule has 2 aromatic carbocycles. The van der Waals surface area contributed by atoms with E-state index in [-0.39, 0.29) is 10.8 Å². The van der Waals surface area contributed by atoms with Crippen molar-refractivity contribution in [1.82, 2.24) is 4.98 Å². The molecule has 0 fully saturated rings. The highest BCUT2D eigenvalue weighted by Gasteiger charge is 2.26. The van der Waals surface area contributed by atoms with Crippen molar-refractivity contribution in [1.29, 1.82) is 0 Å². The van der Waals surface area contributed by atoms with Crippen LogP contribution in [0.25, 0.3) is 10.9 Å². The molecule has 1 heterocycles. The molecule has 0 aliphatic rings. The Balaban J connectivity index is 1.93. The third-order valence-electron chi connectivity index (χ3n) is 5.05. The number of hydrogen-bond acceptors (Lipinski definition) is 1. The molecule has 0 radical (unpaired) electrons. The zero-order valence-electron chi connectivity index (χ0n) is 16.9. The van der Waals surface area contributed by atoms with Gasteiger partial charge in [-0.2, -0.15) is 0 Å². The number of phenolic OH excluding ortho intramolecular Hbond substituents is 1. The SMILES string of the molecule is CC(C)(C)c1cc(CCc2cc3ccccc3[nH]2)cc(C(C)(C)C)c1O. The molecular weight excluding hydrogens is 318 g/mol. The van der Waals surface area contributed by atoms with E-state index in [1.807, 2.05) is 0 Å². The predicted octanol–water partition coefficient (Wildman–Crippen LogP) is 6.25. The fraction of sp³-hybridized carbons (Fsp3) is 0.417. The second kappa shape index (κ2) is 6.50. The van der Waals surface area contributed by atoms with Gasteiger partial charge in [0.05, 0.1) is 0 Å². The van der Waals surface area contributed by atoms with Gasteiger partial charge in [-0.15, -0.1) is 0 Å². The van der Waals surface area contributed by atoms with Crippen LogP contribution in [0.5, 0.6) is 5.75 Å². The van der Waals surface area contributed by atoms with E-state index in [9.17, 15) is 5.11 Å². The monoisotopic (exact) mass is 349 g/mol. The van der Waals surface area contributed by atoms with Crippen LogP contribution in [0.3, 0.4) is 0 Å². The molecule has 0 unspecified atom stereocenters. The Bertz CT molecular complexity index is 851. The van der Waals surface area contributed by atoms with Gasteiger partial charge in [0.25, 0.3) is 0 Å². The summed E-state index contributed by atoms with van der Waals surface area (Å²) in [6.45, 7) is 13.0. The number of aryl methyl sites for hydroxylation is 2. The average molecular weight is 350 g/mol. The minimum atomic E-state index is -0.0821. The molecule has 1 aromatic heterocycles. The van der Waals surface area contributed by atoms with Crippen LogP contribution < -0.4 is 0 Å². The lowest BCUT2D eigenvalue weighted by molar-refractivity contribution is 0.422. The second-order valence-corrected chi connectivity index (χ2v) is 9.42. The summed E-state index contributed by atoms with van der Waals surface area (Å²) in [5.41, 5.74) is 5.65. The molecule has 2 heteroatoms. The number of aromatic amines is 1. The van der Waals surface area contributed by atoms with Crippen molar-refractivity contribution >= 4 is 10.9 Å². The second-order valence-electron chi connectivity index (χ2n) is 9.42. The zero-order chi connectivity index (χ0) is 19.1. The van der Waals surface area contributed by atoms with Gasteiger partial charge in [-0.1, -0.05) is 71.9 Å². The highest BCUT2D eigenvalue weighted by Crippen LogP contribution is 2.40. The maximum absolute atomic E-state index is 10.9. The average Bonchev–Trinajstić information content (AvgIpc) is 2.94. The number of hydrogen-bond donors (Lipinski definition) is 2. The zero-order valence-corrected chi connectivity index (χ0v) is 16.9. The number of nitrogens with one attached hydrogen (secondary N) is 1. The number of benzene rings is 2. The van der Waals surface area contributed by atoms with Crippen molar-refractivity contribution in [3.63, 3.8) is 0 Å². The fourth-order valence-electron chi connectivity index (χ4n) is 3.53. The molecule has 0 saturated heterocycles. The summed E-state index contributed by atoms with van der Waals surface area (Å²) in [5, 5.41) is 12.1. The van der Waals surface area contributed by atoms with Crippen LogP contribution in [0.2, 0.25) is 0 Å². The first kappa shape index (κ1) is 18.6. The largest absolute Gasteiger partial charge is 0.507 e. The predicted molar refractivity (Wildman–Crippen MR) is 111 cm³/mol. The van der Waals surface area contributed by atoms with Crippen LogP contribution in [0.1, 0.15) is 63.9 Å². The maximum Gasteiger partial charge on any atom is 0.123 e. The molecule has 0 aliphatic carbocycles. The molecule has 0 aliphatic heterocycles. The van der Waals surface area contributed by atoms with Crippen LogP contribution in [0, 0.1) is 0 Å². The molecule has 138 valence electrons. The topological polar surface area (TPSA) is 36.0 Å². The van der Waals surface area contributed by atoms with Crippen molar-refractivity contribution in [2.45, 2.75) is 65.2 Å². The molecule has 3 rings (SSSR count). The van der Waals surface area contributed by atoms with Gasteiger partial charge in [-0.3, -0.25) is 0 Å². The van der Waals surface area contributed by atoms with E-state index in [1.54, 1.807) is 0 Å². The summed E-state index contributed by atoms with van der Waals surface area (Å²) in [7, 11) is 0. The van der Waals surface area contributed by atoms with Gasteiger partial charge in [0.15, 0.2) is 0 Å². The smallest absolute Gasteiger partial charge is 0.123 e. The van der Waals surface area contributed by atoms with Gasteiger partial charge in [-0.25, -0.2) is 0 Å². The summed E-state index contributed by atoms with van der Waals surface area (Å²) in [6.07, 6.45) is 1.92. The van der Waals surface area contributed by atoms with E-state index in [2.05, 4.69) is 89.0 Å². The number of para-hydroxylation sites is 1. The van der Waals surface area contributed by atoms with Crippen LogP contribution in [0.15, 0.2) is 42.5 Å². The summed E-state index contributed by atoms with van der Waals surface area (Å²) >= 11 is 0. The third kappa shape index (κ3) is 3.80. The lowest BCUT2D eigenvalue weighted by atomic mass is 9.78. The van der Waals surface area contributed by atoms with E-state index < -0.39 is 0 Å². The van der Waals surface area contributed by atoms with Gasteiger partial charge in [0.1, 0.15) is 5.75 Å². The Morgan fingerprint density at radius 3 is 1.92 bits per heavy atom. The highest BCUT2D eigenvalue weighted by molar-refractivity contribution is 5.80. The lowest BCUT2D eigenvalue weighted by Gasteiger charge is -2.28. The number of rotatable bonds is 3. The van der Waals surface area contributed by atoms with Crippen LogP contribution in [0.4, 0.5) is 0 Å². The molecule has 26 heavy (non-hydrogen) atoms. The van der Waals surface area contributed by atoms with E-state index in [1.165, 1.54) is 22.2 Å². The lowest BCUT2D eigenvalue weighted by Crippen LogP contribution is -2.18. The van der Waals surface area contributed by atoms with Crippen molar-refractivity contribution in [2.24, 2.45) is 0 Å². The molecule has 0 bridgehead atoms. The summed E-state index contributed by atoms with van der Waals surface area (Å²) in [6, 6.07) is 15.0. The number of aromatic hydroxyl groups is 1. The van der Waals surface area contributed by atoms with Crippen molar-refractivity contribution in [3.05, 3.63) is 64.8 Å². The molecule has 2 nitrogen and oxygen atoms in total. The Morgan fingerprint density at radius 1 is 0.808 bits per heavy atom. The fourth-order valence-corrected chi connectivity index (χ4v) is 3.53. The molecule has 2 N–H and O–H groups in total. The van der Waals surface area contributed by atoms with E-state index in [4.69, 9.17) is 0 Å². The Morgan fingerprint density at radius 2 is 1.38 bits per heavy atom. The van der Waals surface area contributed by atoms with Crippen molar-refractivity contribution in [2.75, 3.05) is 0 Å². The van der Waals surface area contributed by atoms with Crippen LogP contribution in [-0.2, 0) is 23.7 Å². The first-order valence-corrected chi connectivity index (χ1v) is 9.49. The molecular formula is C24H31NO. The minimum absolute atomic E-state index is 0.0821. The van der Waals surface area contributed by atoms with Gasteiger partial charge >= 0.3 is 0 Å². The maximum atomic E-state index is 10.9. The van der Waals surface area contributed by atoms with Gasteiger partial charge in [0, 0.05) is 11.2 Å². The van der Waals surface area contributed by atoms with Gasteiger partial charge in [-0.05, 0) is 57.9 Å². The Kier molecular flexibility index (Phi) is 4.64. The Hall–Kier alpha value is -2.22. The Labute approximate surface area is 157 Å². The molecule has 0 saturated carbocycles. The van der Waals surface area contributed by atoms with E-state index >= 15 is 0 Å². The normalized spacial score (nSPS) is 12.7. The minimum Gasteiger partial charge on any atom is -0.507 e. The van der Waals surface area contributed by atoms with Gasteiger partial charge in [0.2, 0.25) is 0 Å².